The SMILES string of the molecule is c1ccc(-c2ccc(-c3ccccc3)c3c2c2c4ccccc4n4c5cccnc5n5c6ccccc6c3c5c24)cc1. The standard InChI is InChI=1S/C39H23N3/c1-3-12-24(13-4-1)26-21-22-27(25-14-5-2-6-15-25)34-33(26)35-28-16-7-9-18-30(28)41-32-20-11-23-40-39(32)42-31-19-10-8-17-29(31)36(34)38(42)37(35)41/h1-23H. The third-order valence-corrected chi connectivity index (χ3v) is 9.07. The zero-order chi connectivity index (χ0) is 27.4. The lowest BCUT2D eigenvalue weighted by molar-refractivity contribution is 1.19. The van der Waals surface area contributed by atoms with Gasteiger partial charge in [0.05, 0.1) is 27.6 Å². The highest BCUT2D eigenvalue weighted by atomic mass is 15.1. The summed E-state index contributed by atoms with van der Waals surface area (Å²) in [6.07, 6.45) is 1.91. The summed E-state index contributed by atoms with van der Waals surface area (Å²) in [5, 5.41) is 7.68. The number of aromatic nitrogens is 3. The topological polar surface area (TPSA) is 21.7 Å². The molecular weight excluding hydrogens is 510 g/mol. The minimum absolute atomic E-state index is 0.971. The zero-order valence-corrected chi connectivity index (χ0v) is 22.6. The van der Waals surface area contributed by atoms with Crippen molar-refractivity contribution in [2.45, 2.75) is 0 Å². The smallest absolute Gasteiger partial charge is 0.162 e. The number of para-hydroxylation sites is 2. The van der Waals surface area contributed by atoms with Gasteiger partial charge in [0.1, 0.15) is 0 Å². The minimum atomic E-state index is 0.971. The largest absolute Gasteiger partial charge is 0.304 e. The number of rotatable bonds is 2. The molecule has 0 aliphatic rings. The molecule has 0 amide bonds. The Morgan fingerprint density at radius 2 is 0.857 bits per heavy atom. The molecule has 0 radical (unpaired) electrons. The van der Waals surface area contributed by atoms with Crippen molar-refractivity contribution < 1.29 is 0 Å². The maximum atomic E-state index is 5.01. The van der Waals surface area contributed by atoms with Crippen molar-refractivity contribution in [2.75, 3.05) is 0 Å². The van der Waals surface area contributed by atoms with Gasteiger partial charge in [-0.2, -0.15) is 0 Å². The zero-order valence-electron chi connectivity index (χ0n) is 22.6. The summed E-state index contributed by atoms with van der Waals surface area (Å²) in [5.74, 6) is 0. The molecule has 3 heteroatoms. The Morgan fingerprint density at radius 3 is 1.45 bits per heavy atom. The number of hydrogen-bond donors (Lipinski definition) is 0. The van der Waals surface area contributed by atoms with Crippen molar-refractivity contribution in [1.29, 1.82) is 0 Å². The quantitative estimate of drug-likeness (QED) is 0.203. The van der Waals surface area contributed by atoms with Gasteiger partial charge in [0.15, 0.2) is 5.65 Å². The number of fused-ring (bicyclic) bond motifs is 12. The summed E-state index contributed by atoms with van der Waals surface area (Å²) >= 11 is 0. The van der Waals surface area contributed by atoms with Gasteiger partial charge in [0.25, 0.3) is 0 Å². The fraction of sp³-hybridized carbons (Fsp3) is 0. The molecule has 0 saturated heterocycles. The van der Waals surface area contributed by atoms with Crippen molar-refractivity contribution in [2.24, 2.45) is 0 Å². The molecule has 0 atom stereocenters. The summed E-state index contributed by atoms with van der Waals surface area (Å²) in [5.41, 5.74) is 11.9. The van der Waals surface area contributed by atoms with Crippen LogP contribution < -0.4 is 0 Å². The second-order valence-electron chi connectivity index (χ2n) is 11.1. The van der Waals surface area contributed by atoms with E-state index in [0.29, 0.717) is 0 Å². The van der Waals surface area contributed by atoms with Crippen molar-refractivity contribution in [1.82, 2.24) is 13.8 Å². The van der Waals surface area contributed by atoms with E-state index in [2.05, 4.69) is 142 Å². The predicted molar refractivity (Wildman–Crippen MR) is 176 cm³/mol. The van der Waals surface area contributed by atoms with Crippen molar-refractivity contribution >= 4 is 65.5 Å². The molecule has 3 nitrogen and oxygen atoms in total. The maximum Gasteiger partial charge on any atom is 0.162 e. The van der Waals surface area contributed by atoms with Gasteiger partial charge < -0.3 is 4.40 Å². The van der Waals surface area contributed by atoms with Gasteiger partial charge in [0, 0.05) is 38.5 Å². The Morgan fingerprint density at radius 1 is 0.381 bits per heavy atom. The highest BCUT2D eigenvalue weighted by molar-refractivity contribution is 6.40. The molecule has 0 aliphatic carbocycles. The first-order valence-electron chi connectivity index (χ1n) is 14.4. The van der Waals surface area contributed by atoms with Crippen molar-refractivity contribution in [3.63, 3.8) is 0 Å². The van der Waals surface area contributed by atoms with Gasteiger partial charge >= 0.3 is 0 Å². The number of nitrogens with zero attached hydrogens (tertiary/aromatic N) is 3. The molecule has 10 aromatic rings. The molecule has 0 aliphatic heterocycles. The molecule has 4 heterocycles. The van der Waals surface area contributed by atoms with Crippen LogP contribution >= 0.6 is 0 Å². The van der Waals surface area contributed by atoms with E-state index in [9.17, 15) is 0 Å². The van der Waals surface area contributed by atoms with Crippen LogP contribution in [0.3, 0.4) is 0 Å². The first-order valence-corrected chi connectivity index (χ1v) is 14.4. The molecule has 42 heavy (non-hydrogen) atoms. The molecule has 0 bridgehead atoms. The van der Waals surface area contributed by atoms with Crippen LogP contribution in [0.15, 0.2) is 140 Å². The van der Waals surface area contributed by atoms with E-state index in [0.717, 1.165) is 11.2 Å². The lowest BCUT2D eigenvalue weighted by Crippen LogP contribution is -1.99. The molecular formula is C39H23N3. The monoisotopic (exact) mass is 533 g/mol. The van der Waals surface area contributed by atoms with Gasteiger partial charge in [-0.15, -0.1) is 0 Å². The fourth-order valence-corrected chi connectivity index (χ4v) is 7.48. The normalized spacial score (nSPS) is 12.3. The summed E-state index contributed by atoms with van der Waals surface area (Å²) in [6.45, 7) is 0. The van der Waals surface area contributed by atoms with Crippen LogP contribution in [0.5, 0.6) is 0 Å². The van der Waals surface area contributed by atoms with Gasteiger partial charge in [-0.25, -0.2) is 4.98 Å². The highest BCUT2D eigenvalue weighted by Crippen LogP contribution is 2.51. The maximum absolute atomic E-state index is 5.01. The second-order valence-corrected chi connectivity index (χ2v) is 11.1. The van der Waals surface area contributed by atoms with Crippen LogP contribution in [0.2, 0.25) is 0 Å². The Balaban J connectivity index is 1.65. The predicted octanol–water partition coefficient (Wildman–Crippen LogP) is 10.1. The van der Waals surface area contributed by atoms with E-state index < -0.39 is 0 Å². The van der Waals surface area contributed by atoms with Gasteiger partial charge in [0.2, 0.25) is 0 Å². The average Bonchev–Trinajstić information content (AvgIpc) is 3.59. The van der Waals surface area contributed by atoms with Gasteiger partial charge in [-0.1, -0.05) is 109 Å². The van der Waals surface area contributed by atoms with E-state index in [-0.39, 0.29) is 0 Å². The Hall–Kier alpha value is -5.67. The van der Waals surface area contributed by atoms with E-state index in [4.69, 9.17) is 4.98 Å². The number of pyridine rings is 1. The summed E-state index contributed by atoms with van der Waals surface area (Å²) < 4.78 is 4.86. The van der Waals surface area contributed by atoms with Gasteiger partial charge in [-0.05, 0) is 46.5 Å². The van der Waals surface area contributed by atoms with Crippen molar-refractivity contribution in [3.05, 3.63) is 140 Å². The first-order chi connectivity index (χ1) is 20.9. The number of benzene rings is 6. The minimum Gasteiger partial charge on any atom is -0.304 e. The van der Waals surface area contributed by atoms with Crippen LogP contribution in [0, 0.1) is 0 Å². The third-order valence-electron chi connectivity index (χ3n) is 9.07. The molecule has 4 aromatic heterocycles. The second kappa shape index (κ2) is 7.96. The molecule has 0 fully saturated rings. The fourth-order valence-electron chi connectivity index (χ4n) is 7.48. The molecule has 10 rings (SSSR count). The van der Waals surface area contributed by atoms with Crippen LogP contribution in [0.4, 0.5) is 0 Å². The Kier molecular flexibility index (Phi) is 4.18. The van der Waals surface area contributed by atoms with E-state index in [1.807, 2.05) is 6.20 Å². The lowest BCUT2D eigenvalue weighted by Gasteiger charge is -2.17. The average molecular weight is 534 g/mol. The molecule has 0 saturated carbocycles. The summed E-state index contributed by atoms with van der Waals surface area (Å²) in [7, 11) is 0. The van der Waals surface area contributed by atoms with Crippen LogP contribution in [-0.2, 0) is 0 Å². The third kappa shape index (κ3) is 2.63. The van der Waals surface area contributed by atoms with E-state index in [1.54, 1.807) is 0 Å². The van der Waals surface area contributed by atoms with Crippen molar-refractivity contribution in [3.8, 4) is 22.3 Å². The molecule has 0 spiro atoms. The lowest BCUT2D eigenvalue weighted by atomic mass is 9.87. The summed E-state index contributed by atoms with van der Waals surface area (Å²) in [6, 6.07) is 48.3. The molecule has 0 N–H and O–H groups in total. The first kappa shape index (κ1) is 22.1. The molecule has 0 unspecified atom stereocenters. The van der Waals surface area contributed by atoms with Crippen LogP contribution in [-0.4, -0.2) is 13.8 Å². The van der Waals surface area contributed by atoms with Crippen LogP contribution in [0.25, 0.3) is 87.8 Å². The number of hydrogen-bond acceptors (Lipinski definition) is 1. The Labute approximate surface area is 240 Å². The Bertz CT molecular complexity index is 2470. The van der Waals surface area contributed by atoms with E-state index >= 15 is 0 Å². The van der Waals surface area contributed by atoms with Crippen LogP contribution in [0.1, 0.15) is 0 Å². The summed E-state index contributed by atoms with van der Waals surface area (Å²) in [4.78, 5) is 5.01. The molecule has 6 aromatic carbocycles. The highest BCUT2D eigenvalue weighted by Gasteiger charge is 2.27. The molecule has 194 valence electrons. The van der Waals surface area contributed by atoms with Gasteiger partial charge in [-0.3, -0.25) is 4.40 Å². The van der Waals surface area contributed by atoms with E-state index in [1.165, 1.54) is 76.6 Å².